The Morgan fingerprint density at radius 2 is 2.07 bits per heavy atom. The Morgan fingerprint density at radius 1 is 1.36 bits per heavy atom. The van der Waals surface area contributed by atoms with Crippen LogP contribution in [-0.4, -0.2) is 37.1 Å². The largest absolute Gasteiger partial charge is 0.315 e. The summed E-state index contributed by atoms with van der Waals surface area (Å²) in [7, 11) is 0. The molecule has 14 heavy (non-hydrogen) atoms. The van der Waals surface area contributed by atoms with Crippen molar-refractivity contribution in [1.29, 1.82) is 0 Å². The number of hydrogen-bond acceptors (Lipinski definition) is 2. The predicted molar refractivity (Wildman–Crippen MR) is 62.6 cm³/mol. The molecule has 0 spiro atoms. The van der Waals surface area contributed by atoms with E-state index in [1.54, 1.807) is 0 Å². The molecule has 1 aliphatic rings. The van der Waals surface area contributed by atoms with Crippen LogP contribution in [0.2, 0.25) is 0 Å². The molecule has 0 saturated carbocycles. The van der Waals surface area contributed by atoms with Crippen LogP contribution in [-0.2, 0) is 0 Å². The number of likely N-dealkylation sites (N-methyl/N-ethyl adjacent to an activating group) is 1. The lowest BCUT2D eigenvalue weighted by molar-refractivity contribution is 0.207. The van der Waals surface area contributed by atoms with Gasteiger partial charge in [-0.2, -0.15) is 0 Å². The molecule has 1 saturated heterocycles. The van der Waals surface area contributed by atoms with Gasteiger partial charge in [0.2, 0.25) is 0 Å². The van der Waals surface area contributed by atoms with Crippen molar-refractivity contribution >= 4 is 0 Å². The van der Waals surface area contributed by atoms with Crippen LogP contribution >= 0.6 is 0 Å². The van der Waals surface area contributed by atoms with Gasteiger partial charge in [-0.3, -0.25) is 4.90 Å². The number of nitrogens with one attached hydrogen (secondary N) is 1. The number of nitrogens with zero attached hydrogens (tertiary/aromatic N) is 1. The fourth-order valence-electron chi connectivity index (χ4n) is 2.31. The van der Waals surface area contributed by atoms with Crippen molar-refractivity contribution in [2.24, 2.45) is 5.41 Å². The van der Waals surface area contributed by atoms with E-state index in [1.807, 2.05) is 0 Å². The van der Waals surface area contributed by atoms with Crippen LogP contribution in [0.15, 0.2) is 0 Å². The van der Waals surface area contributed by atoms with Gasteiger partial charge in [-0.1, -0.05) is 27.7 Å². The molecule has 2 heteroatoms. The molecule has 1 heterocycles. The lowest BCUT2D eigenvalue weighted by Crippen LogP contribution is -2.41. The maximum Gasteiger partial charge on any atom is 0.0218 e. The summed E-state index contributed by atoms with van der Waals surface area (Å²) in [6.45, 7) is 14.1. The zero-order valence-corrected chi connectivity index (χ0v) is 10.3. The minimum atomic E-state index is 0.541. The number of likely N-dealkylation sites (tertiary alicyclic amines) is 1. The highest BCUT2D eigenvalue weighted by atomic mass is 15.2. The van der Waals surface area contributed by atoms with Crippen LogP contribution in [0.3, 0.4) is 0 Å². The van der Waals surface area contributed by atoms with E-state index in [0.29, 0.717) is 5.41 Å². The molecule has 1 unspecified atom stereocenters. The van der Waals surface area contributed by atoms with Gasteiger partial charge in [-0.15, -0.1) is 0 Å². The van der Waals surface area contributed by atoms with E-state index in [4.69, 9.17) is 0 Å². The zero-order valence-electron chi connectivity index (χ0n) is 10.3. The van der Waals surface area contributed by atoms with E-state index < -0.39 is 0 Å². The van der Waals surface area contributed by atoms with Gasteiger partial charge in [0.05, 0.1) is 0 Å². The van der Waals surface area contributed by atoms with E-state index in [-0.39, 0.29) is 0 Å². The minimum absolute atomic E-state index is 0.541. The maximum atomic E-state index is 3.46. The summed E-state index contributed by atoms with van der Waals surface area (Å²) in [5.74, 6) is 0. The summed E-state index contributed by atoms with van der Waals surface area (Å²) < 4.78 is 0. The van der Waals surface area contributed by atoms with Crippen LogP contribution in [0.4, 0.5) is 0 Å². The average Bonchev–Trinajstić information content (AvgIpc) is 2.48. The van der Waals surface area contributed by atoms with Crippen LogP contribution in [0.1, 0.15) is 40.5 Å². The van der Waals surface area contributed by atoms with E-state index >= 15 is 0 Å². The zero-order chi connectivity index (χ0) is 10.6. The SMILES string of the molecule is CCNCC(CC)N1CCC(C)(C)C1. The van der Waals surface area contributed by atoms with E-state index in [1.165, 1.54) is 25.9 Å². The van der Waals surface area contributed by atoms with Gasteiger partial charge < -0.3 is 5.32 Å². The molecule has 84 valence electrons. The summed E-state index contributed by atoms with van der Waals surface area (Å²) in [6.07, 6.45) is 2.62. The summed E-state index contributed by atoms with van der Waals surface area (Å²) in [5, 5.41) is 3.46. The second-order valence-electron chi connectivity index (χ2n) is 5.25. The first kappa shape index (κ1) is 12.0. The van der Waals surface area contributed by atoms with Gasteiger partial charge in [0.15, 0.2) is 0 Å². The quantitative estimate of drug-likeness (QED) is 0.728. The molecule has 0 bridgehead atoms. The molecule has 0 aliphatic carbocycles. The van der Waals surface area contributed by atoms with Crippen molar-refractivity contribution in [3.8, 4) is 0 Å². The molecule has 0 amide bonds. The second-order valence-corrected chi connectivity index (χ2v) is 5.25. The van der Waals surface area contributed by atoms with Crippen molar-refractivity contribution in [1.82, 2.24) is 10.2 Å². The Bertz CT molecular complexity index is 166. The Labute approximate surface area is 89.1 Å². The molecular weight excluding hydrogens is 172 g/mol. The van der Waals surface area contributed by atoms with Gasteiger partial charge in [0.25, 0.3) is 0 Å². The molecular formula is C12H26N2. The standard InChI is InChI=1S/C12H26N2/c1-5-11(9-13-6-2)14-8-7-12(3,4)10-14/h11,13H,5-10H2,1-4H3. The fourth-order valence-corrected chi connectivity index (χ4v) is 2.31. The smallest absolute Gasteiger partial charge is 0.0218 e. The molecule has 0 aromatic heterocycles. The van der Waals surface area contributed by atoms with Gasteiger partial charge in [0.1, 0.15) is 0 Å². The lowest BCUT2D eigenvalue weighted by atomic mass is 9.93. The highest BCUT2D eigenvalue weighted by Gasteiger charge is 2.32. The third-order valence-corrected chi connectivity index (χ3v) is 3.32. The third kappa shape index (κ3) is 3.25. The lowest BCUT2D eigenvalue weighted by Gasteiger charge is -2.28. The van der Waals surface area contributed by atoms with Crippen LogP contribution in [0.5, 0.6) is 0 Å². The van der Waals surface area contributed by atoms with Crippen molar-refractivity contribution in [2.75, 3.05) is 26.2 Å². The topological polar surface area (TPSA) is 15.3 Å². The first-order chi connectivity index (χ1) is 6.59. The third-order valence-electron chi connectivity index (χ3n) is 3.32. The first-order valence-corrected chi connectivity index (χ1v) is 6.04. The first-order valence-electron chi connectivity index (χ1n) is 6.04. The van der Waals surface area contributed by atoms with E-state index in [0.717, 1.165) is 19.1 Å². The normalized spacial score (nSPS) is 24.0. The maximum absolute atomic E-state index is 3.46. The Balaban J connectivity index is 2.38. The summed E-state index contributed by atoms with van der Waals surface area (Å²) in [5.41, 5.74) is 0.541. The second kappa shape index (κ2) is 5.13. The molecule has 1 atom stereocenters. The number of hydrogen-bond donors (Lipinski definition) is 1. The van der Waals surface area contributed by atoms with E-state index in [9.17, 15) is 0 Å². The van der Waals surface area contributed by atoms with Crippen LogP contribution < -0.4 is 5.32 Å². The van der Waals surface area contributed by atoms with Gasteiger partial charge in [-0.25, -0.2) is 0 Å². The summed E-state index contributed by atoms with van der Waals surface area (Å²) in [4.78, 5) is 2.66. The Hall–Kier alpha value is -0.0800. The summed E-state index contributed by atoms with van der Waals surface area (Å²) in [6, 6.07) is 0.747. The highest BCUT2D eigenvalue weighted by Crippen LogP contribution is 2.30. The Kier molecular flexibility index (Phi) is 4.39. The molecule has 1 N–H and O–H groups in total. The number of rotatable bonds is 5. The van der Waals surface area contributed by atoms with Crippen molar-refractivity contribution in [3.05, 3.63) is 0 Å². The molecule has 0 aromatic carbocycles. The van der Waals surface area contributed by atoms with Gasteiger partial charge >= 0.3 is 0 Å². The average molecular weight is 198 g/mol. The molecule has 0 radical (unpaired) electrons. The van der Waals surface area contributed by atoms with Gasteiger partial charge in [0, 0.05) is 19.1 Å². The Morgan fingerprint density at radius 3 is 2.50 bits per heavy atom. The highest BCUT2D eigenvalue weighted by molar-refractivity contribution is 4.86. The molecule has 1 aliphatic heterocycles. The molecule has 2 nitrogen and oxygen atoms in total. The van der Waals surface area contributed by atoms with Crippen LogP contribution in [0, 0.1) is 5.41 Å². The molecule has 0 aromatic rings. The fraction of sp³-hybridized carbons (Fsp3) is 1.00. The van der Waals surface area contributed by atoms with Crippen molar-refractivity contribution in [2.45, 2.75) is 46.6 Å². The van der Waals surface area contributed by atoms with Gasteiger partial charge in [-0.05, 0) is 31.3 Å². The molecule has 1 fully saturated rings. The van der Waals surface area contributed by atoms with E-state index in [2.05, 4.69) is 37.9 Å². The van der Waals surface area contributed by atoms with Crippen molar-refractivity contribution < 1.29 is 0 Å². The monoisotopic (exact) mass is 198 g/mol. The van der Waals surface area contributed by atoms with Crippen LogP contribution in [0.25, 0.3) is 0 Å². The minimum Gasteiger partial charge on any atom is -0.315 e. The molecule has 1 rings (SSSR count). The predicted octanol–water partition coefficient (Wildman–Crippen LogP) is 2.11. The van der Waals surface area contributed by atoms with Crippen molar-refractivity contribution in [3.63, 3.8) is 0 Å². The summed E-state index contributed by atoms with van der Waals surface area (Å²) >= 11 is 0.